The zero-order chi connectivity index (χ0) is 15.1. The SMILES string of the molecule is Cc1ccc2c(c1)nc(CCl)n2C(C)c1c(C)noc1C. The standard InChI is InChI=1S/C16H18ClN3O/c1-9-5-6-14-13(7-9)18-15(8-17)20(14)11(3)16-10(2)19-21-12(16)4/h5-7,11H,8H2,1-4H3. The molecule has 110 valence electrons. The van der Waals surface area contributed by atoms with E-state index >= 15 is 0 Å². The van der Waals surface area contributed by atoms with Crippen LogP contribution in [0.4, 0.5) is 0 Å². The van der Waals surface area contributed by atoms with Gasteiger partial charge in [0.05, 0.1) is 28.6 Å². The van der Waals surface area contributed by atoms with Crippen LogP contribution in [0.5, 0.6) is 0 Å². The normalized spacial score (nSPS) is 13.0. The lowest BCUT2D eigenvalue weighted by molar-refractivity contribution is 0.391. The van der Waals surface area contributed by atoms with Crippen LogP contribution in [0.3, 0.4) is 0 Å². The Morgan fingerprint density at radius 3 is 2.67 bits per heavy atom. The van der Waals surface area contributed by atoms with E-state index in [0.29, 0.717) is 5.88 Å². The van der Waals surface area contributed by atoms with Gasteiger partial charge in [0.2, 0.25) is 0 Å². The maximum atomic E-state index is 6.11. The van der Waals surface area contributed by atoms with Crippen LogP contribution in [-0.4, -0.2) is 14.7 Å². The number of rotatable bonds is 3. The van der Waals surface area contributed by atoms with Crippen molar-refractivity contribution in [2.75, 3.05) is 0 Å². The van der Waals surface area contributed by atoms with Crippen LogP contribution in [0.15, 0.2) is 22.7 Å². The Balaban J connectivity index is 2.23. The van der Waals surface area contributed by atoms with E-state index in [1.165, 1.54) is 5.56 Å². The summed E-state index contributed by atoms with van der Waals surface area (Å²) in [5.74, 6) is 2.08. The van der Waals surface area contributed by atoms with Crippen molar-refractivity contribution >= 4 is 22.6 Å². The van der Waals surface area contributed by atoms with Gasteiger partial charge in [-0.25, -0.2) is 4.98 Å². The molecule has 0 saturated carbocycles. The second-order valence-electron chi connectivity index (χ2n) is 5.44. The Morgan fingerprint density at radius 2 is 2.05 bits per heavy atom. The molecule has 0 saturated heterocycles. The molecular weight excluding hydrogens is 286 g/mol. The van der Waals surface area contributed by atoms with Crippen LogP contribution in [0.25, 0.3) is 11.0 Å². The number of nitrogens with zero attached hydrogens (tertiary/aromatic N) is 3. The molecule has 4 nitrogen and oxygen atoms in total. The van der Waals surface area contributed by atoms with Crippen molar-refractivity contribution in [2.45, 2.75) is 39.6 Å². The van der Waals surface area contributed by atoms with Gasteiger partial charge in [0.15, 0.2) is 0 Å². The number of alkyl halides is 1. The highest BCUT2D eigenvalue weighted by molar-refractivity contribution is 6.16. The average molecular weight is 304 g/mol. The number of halogens is 1. The zero-order valence-electron chi connectivity index (χ0n) is 12.6. The second kappa shape index (κ2) is 5.19. The maximum Gasteiger partial charge on any atom is 0.139 e. The van der Waals surface area contributed by atoms with E-state index in [1.807, 2.05) is 13.8 Å². The molecule has 3 aromatic rings. The van der Waals surface area contributed by atoms with Gasteiger partial charge in [-0.3, -0.25) is 0 Å². The molecule has 21 heavy (non-hydrogen) atoms. The van der Waals surface area contributed by atoms with Crippen LogP contribution < -0.4 is 0 Å². The first-order valence-electron chi connectivity index (χ1n) is 6.99. The summed E-state index contributed by atoms with van der Waals surface area (Å²) in [5.41, 5.74) is 5.27. The summed E-state index contributed by atoms with van der Waals surface area (Å²) in [7, 11) is 0. The third-order valence-corrected chi connectivity index (χ3v) is 4.17. The predicted molar refractivity (Wildman–Crippen MR) is 83.8 cm³/mol. The molecule has 0 radical (unpaired) electrons. The van der Waals surface area contributed by atoms with Crippen molar-refractivity contribution in [3.05, 3.63) is 46.6 Å². The van der Waals surface area contributed by atoms with Crippen molar-refractivity contribution < 1.29 is 4.52 Å². The van der Waals surface area contributed by atoms with Gasteiger partial charge < -0.3 is 9.09 Å². The Bertz CT molecular complexity index is 784. The molecule has 2 aromatic heterocycles. The average Bonchev–Trinajstić information content (AvgIpc) is 2.98. The highest BCUT2D eigenvalue weighted by Crippen LogP contribution is 2.30. The Kier molecular flexibility index (Phi) is 3.49. The molecule has 2 heterocycles. The summed E-state index contributed by atoms with van der Waals surface area (Å²) >= 11 is 6.11. The summed E-state index contributed by atoms with van der Waals surface area (Å²) in [6, 6.07) is 6.36. The van der Waals surface area contributed by atoms with Gasteiger partial charge in [0, 0.05) is 5.56 Å². The lowest BCUT2D eigenvalue weighted by Crippen LogP contribution is -2.11. The van der Waals surface area contributed by atoms with E-state index in [4.69, 9.17) is 16.1 Å². The molecule has 0 amide bonds. The summed E-state index contributed by atoms with van der Waals surface area (Å²) in [4.78, 5) is 4.66. The fourth-order valence-corrected chi connectivity index (χ4v) is 3.19. The minimum atomic E-state index is 0.0812. The fraction of sp³-hybridized carbons (Fsp3) is 0.375. The molecule has 0 bridgehead atoms. The van der Waals surface area contributed by atoms with Crippen LogP contribution in [0, 0.1) is 20.8 Å². The Hall–Kier alpha value is -1.81. The van der Waals surface area contributed by atoms with Gasteiger partial charge in [-0.05, 0) is 45.4 Å². The summed E-state index contributed by atoms with van der Waals surface area (Å²) < 4.78 is 7.48. The van der Waals surface area contributed by atoms with Gasteiger partial charge in [-0.15, -0.1) is 11.6 Å². The molecule has 5 heteroatoms. The molecular formula is C16H18ClN3O. The van der Waals surface area contributed by atoms with E-state index < -0.39 is 0 Å². The number of imidazole rings is 1. The quantitative estimate of drug-likeness (QED) is 0.678. The van der Waals surface area contributed by atoms with Gasteiger partial charge in [0.25, 0.3) is 0 Å². The summed E-state index contributed by atoms with van der Waals surface area (Å²) in [5, 5.41) is 4.06. The van der Waals surface area contributed by atoms with Gasteiger partial charge in [-0.2, -0.15) is 0 Å². The molecule has 1 atom stereocenters. The van der Waals surface area contributed by atoms with E-state index in [-0.39, 0.29) is 6.04 Å². The predicted octanol–water partition coefficient (Wildman–Crippen LogP) is 4.30. The minimum Gasteiger partial charge on any atom is -0.361 e. The number of benzene rings is 1. The van der Waals surface area contributed by atoms with Crippen molar-refractivity contribution in [3.8, 4) is 0 Å². The largest absolute Gasteiger partial charge is 0.361 e. The number of aromatic nitrogens is 3. The number of hydrogen-bond donors (Lipinski definition) is 0. The maximum absolute atomic E-state index is 6.11. The van der Waals surface area contributed by atoms with E-state index in [0.717, 1.165) is 33.9 Å². The number of aryl methyl sites for hydroxylation is 3. The topological polar surface area (TPSA) is 43.9 Å². The summed E-state index contributed by atoms with van der Waals surface area (Å²) in [6.07, 6.45) is 0. The number of fused-ring (bicyclic) bond motifs is 1. The third kappa shape index (κ3) is 2.23. The molecule has 3 rings (SSSR count). The Morgan fingerprint density at radius 1 is 1.29 bits per heavy atom. The van der Waals surface area contributed by atoms with E-state index in [1.54, 1.807) is 0 Å². The second-order valence-corrected chi connectivity index (χ2v) is 5.70. The zero-order valence-corrected chi connectivity index (χ0v) is 13.4. The highest BCUT2D eigenvalue weighted by Gasteiger charge is 2.22. The first-order chi connectivity index (χ1) is 10.0. The van der Waals surface area contributed by atoms with Crippen LogP contribution in [0.2, 0.25) is 0 Å². The van der Waals surface area contributed by atoms with Crippen LogP contribution >= 0.6 is 11.6 Å². The lowest BCUT2D eigenvalue weighted by atomic mass is 10.1. The van der Waals surface area contributed by atoms with Gasteiger partial charge in [0.1, 0.15) is 11.6 Å². The van der Waals surface area contributed by atoms with E-state index in [9.17, 15) is 0 Å². The molecule has 0 fully saturated rings. The smallest absolute Gasteiger partial charge is 0.139 e. The molecule has 1 unspecified atom stereocenters. The highest BCUT2D eigenvalue weighted by atomic mass is 35.5. The molecule has 0 aliphatic rings. The van der Waals surface area contributed by atoms with Crippen molar-refractivity contribution in [3.63, 3.8) is 0 Å². The Labute approximate surface area is 128 Å². The minimum absolute atomic E-state index is 0.0812. The van der Waals surface area contributed by atoms with Gasteiger partial charge in [-0.1, -0.05) is 11.2 Å². The number of hydrogen-bond acceptors (Lipinski definition) is 3. The fourth-order valence-electron chi connectivity index (χ4n) is 3.00. The van der Waals surface area contributed by atoms with Gasteiger partial charge >= 0.3 is 0 Å². The van der Waals surface area contributed by atoms with E-state index in [2.05, 4.69) is 46.8 Å². The monoisotopic (exact) mass is 303 g/mol. The lowest BCUT2D eigenvalue weighted by Gasteiger charge is -2.17. The van der Waals surface area contributed by atoms with Crippen molar-refractivity contribution in [1.82, 2.24) is 14.7 Å². The first kappa shape index (κ1) is 14.1. The first-order valence-corrected chi connectivity index (χ1v) is 7.52. The van der Waals surface area contributed by atoms with Crippen molar-refractivity contribution in [1.29, 1.82) is 0 Å². The molecule has 0 aliphatic carbocycles. The van der Waals surface area contributed by atoms with Crippen molar-refractivity contribution in [2.24, 2.45) is 0 Å². The molecule has 1 aromatic carbocycles. The molecule has 0 aliphatic heterocycles. The molecule has 0 N–H and O–H groups in total. The molecule has 0 spiro atoms. The van der Waals surface area contributed by atoms with Crippen LogP contribution in [-0.2, 0) is 5.88 Å². The summed E-state index contributed by atoms with van der Waals surface area (Å²) in [6.45, 7) is 8.10. The third-order valence-electron chi connectivity index (χ3n) is 3.93. The van der Waals surface area contributed by atoms with Crippen LogP contribution in [0.1, 0.15) is 41.4 Å².